The highest BCUT2D eigenvalue weighted by atomic mass is 32.2. The SMILES string of the molecule is Nc1ncc2c(F)cc(-c3ncc(F)cc3F)n2n1.O=S(=O)(C1CC1)N1CCCC(O)C1. The molecule has 3 aromatic heterocycles. The van der Waals surface area contributed by atoms with E-state index in [0.29, 0.717) is 19.2 Å². The number of hydrogen-bond donors (Lipinski definition) is 2. The Morgan fingerprint density at radius 1 is 1.06 bits per heavy atom. The van der Waals surface area contributed by atoms with Crippen LogP contribution in [0, 0.1) is 17.5 Å². The minimum atomic E-state index is -3.05. The molecule has 172 valence electrons. The van der Waals surface area contributed by atoms with Gasteiger partial charge in [0, 0.05) is 25.2 Å². The summed E-state index contributed by atoms with van der Waals surface area (Å²) in [4.78, 5) is 7.25. The highest BCUT2D eigenvalue weighted by molar-refractivity contribution is 7.90. The minimum Gasteiger partial charge on any atom is -0.392 e. The third-order valence-corrected chi connectivity index (χ3v) is 7.57. The van der Waals surface area contributed by atoms with Gasteiger partial charge in [-0.1, -0.05) is 0 Å². The Kier molecular flexibility index (Phi) is 6.05. The number of aliphatic hydroxyl groups excluding tert-OH is 1. The van der Waals surface area contributed by atoms with Crippen LogP contribution in [0.3, 0.4) is 0 Å². The van der Waals surface area contributed by atoms with Gasteiger partial charge in [0.05, 0.1) is 29.4 Å². The van der Waals surface area contributed by atoms with Crippen LogP contribution in [0.4, 0.5) is 19.1 Å². The number of nitrogen functional groups attached to an aromatic ring is 1. The van der Waals surface area contributed by atoms with Crippen molar-refractivity contribution in [1.82, 2.24) is 23.9 Å². The van der Waals surface area contributed by atoms with Crippen molar-refractivity contribution in [2.45, 2.75) is 37.0 Å². The van der Waals surface area contributed by atoms with Crippen molar-refractivity contribution in [1.29, 1.82) is 0 Å². The largest absolute Gasteiger partial charge is 0.392 e. The number of aliphatic hydroxyl groups is 1. The van der Waals surface area contributed by atoms with Crippen molar-refractivity contribution in [3.8, 4) is 11.4 Å². The number of pyridine rings is 1. The predicted molar refractivity (Wildman–Crippen MR) is 109 cm³/mol. The maximum Gasteiger partial charge on any atom is 0.238 e. The first-order valence-electron chi connectivity index (χ1n) is 9.95. The maximum atomic E-state index is 13.7. The number of anilines is 1. The molecule has 9 nitrogen and oxygen atoms in total. The molecule has 1 atom stereocenters. The lowest BCUT2D eigenvalue weighted by atomic mass is 10.1. The van der Waals surface area contributed by atoms with Crippen LogP contribution in [0.5, 0.6) is 0 Å². The molecule has 0 spiro atoms. The van der Waals surface area contributed by atoms with Gasteiger partial charge >= 0.3 is 0 Å². The highest BCUT2D eigenvalue weighted by Gasteiger charge is 2.41. The van der Waals surface area contributed by atoms with Gasteiger partial charge in [0.2, 0.25) is 16.0 Å². The fraction of sp³-hybridized carbons (Fsp3) is 0.421. The first-order valence-corrected chi connectivity index (χ1v) is 11.5. The molecule has 0 radical (unpaired) electrons. The zero-order valence-electron chi connectivity index (χ0n) is 16.8. The van der Waals surface area contributed by atoms with Crippen molar-refractivity contribution < 1.29 is 26.7 Å². The Morgan fingerprint density at radius 2 is 1.81 bits per heavy atom. The summed E-state index contributed by atoms with van der Waals surface area (Å²) in [6, 6.07) is 1.69. The number of rotatable bonds is 3. The van der Waals surface area contributed by atoms with E-state index in [-0.39, 0.29) is 28.1 Å². The average molecular weight is 470 g/mol. The van der Waals surface area contributed by atoms with E-state index >= 15 is 0 Å². The summed E-state index contributed by atoms with van der Waals surface area (Å²) in [5, 5.41) is 13.0. The van der Waals surface area contributed by atoms with E-state index in [1.807, 2.05) is 0 Å². The second kappa shape index (κ2) is 8.64. The zero-order chi connectivity index (χ0) is 23.0. The monoisotopic (exact) mass is 470 g/mol. The third-order valence-electron chi connectivity index (χ3n) is 5.20. The molecule has 1 unspecified atom stereocenters. The Balaban J connectivity index is 0.000000165. The topological polar surface area (TPSA) is 127 Å². The van der Waals surface area contributed by atoms with Gasteiger partial charge in [0.1, 0.15) is 17.0 Å². The Labute approximate surface area is 181 Å². The first kappa shape index (κ1) is 22.4. The Bertz CT molecular complexity index is 1250. The molecule has 0 amide bonds. The Morgan fingerprint density at radius 3 is 2.47 bits per heavy atom. The van der Waals surface area contributed by atoms with Crippen LogP contribution in [0.25, 0.3) is 16.9 Å². The third kappa shape index (κ3) is 4.54. The molecule has 4 heterocycles. The Hall–Kier alpha value is -2.77. The molecule has 0 aromatic carbocycles. The summed E-state index contributed by atoms with van der Waals surface area (Å²) >= 11 is 0. The molecule has 1 saturated heterocycles. The average Bonchev–Trinajstić information content (AvgIpc) is 3.55. The van der Waals surface area contributed by atoms with Gasteiger partial charge in [-0.15, -0.1) is 5.10 Å². The van der Waals surface area contributed by atoms with Crippen molar-refractivity contribution >= 4 is 21.5 Å². The van der Waals surface area contributed by atoms with E-state index in [9.17, 15) is 26.7 Å². The van der Waals surface area contributed by atoms with Crippen molar-refractivity contribution in [3.63, 3.8) is 0 Å². The number of β-amino-alcohol motifs (C(OH)–C–C–N with tert-alkyl or cyclic N) is 1. The molecule has 1 aliphatic heterocycles. The van der Waals surface area contributed by atoms with Crippen molar-refractivity contribution in [3.05, 3.63) is 42.0 Å². The number of nitrogens with zero attached hydrogens (tertiary/aromatic N) is 5. The van der Waals surface area contributed by atoms with E-state index in [1.54, 1.807) is 0 Å². The quantitative estimate of drug-likeness (QED) is 0.597. The van der Waals surface area contributed by atoms with E-state index in [4.69, 9.17) is 5.73 Å². The predicted octanol–water partition coefficient (Wildman–Crippen LogP) is 1.73. The van der Waals surface area contributed by atoms with Crippen LogP contribution < -0.4 is 5.73 Å². The molecule has 5 rings (SSSR count). The summed E-state index contributed by atoms with van der Waals surface area (Å²) in [6.07, 6.45) is 4.67. The second-order valence-electron chi connectivity index (χ2n) is 7.67. The summed E-state index contributed by atoms with van der Waals surface area (Å²) in [6.45, 7) is 0.898. The number of sulfonamides is 1. The van der Waals surface area contributed by atoms with Gasteiger partial charge in [-0.05, 0) is 25.7 Å². The van der Waals surface area contributed by atoms with E-state index in [0.717, 1.165) is 42.5 Å². The lowest BCUT2D eigenvalue weighted by Gasteiger charge is -2.29. The number of aromatic nitrogens is 4. The smallest absolute Gasteiger partial charge is 0.238 e. The lowest BCUT2D eigenvalue weighted by molar-refractivity contribution is 0.108. The van der Waals surface area contributed by atoms with Gasteiger partial charge in [-0.2, -0.15) is 4.31 Å². The molecule has 2 fully saturated rings. The molecule has 13 heteroatoms. The number of fused-ring (bicyclic) bond motifs is 1. The van der Waals surface area contributed by atoms with Gasteiger partial charge in [0.25, 0.3) is 0 Å². The molecule has 2 aliphatic rings. The lowest BCUT2D eigenvalue weighted by Crippen LogP contribution is -2.43. The fourth-order valence-electron chi connectivity index (χ4n) is 3.47. The van der Waals surface area contributed by atoms with Crippen molar-refractivity contribution in [2.24, 2.45) is 0 Å². The molecular formula is C19H21F3N6O3S. The first-order chi connectivity index (χ1) is 15.2. The summed E-state index contributed by atoms with van der Waals surface area (Å²) in [5.74, 6) is -2.50. The summed E-state index contributed by atoms with van der Waals surface area (Å²) in [7, 11) is -3.05. The fourth-order valence-corrected chi connectivity index (χ4v) is 5.38. The van der Waals surface area contributed by atoms with Crippen LogP contribution in [-0.4, -0.2) is 61.9 Å². The molecular weight excluding hydrogens is 449 g/mol. The number of halogens is 3. The summed E-state index contributed by atoms with van der Waals surface area (Å²) < 4.78 is 66.1. The van der Waals surface area contributed by atoms with Crippen molar-refractivity contribution in [2.75, 3.05) is 18.8 Å². The number of piperidine rings is 1. The van der Waals surface area contributed by atoms with Gasteiger partial charge in [0.15, 0.2) is 11.6 Å². The maximum absolute atomic E-state index is 13.7. The van der Waals surface area contributed by atoms with Crippen LogP contribution in [0.15, 0.2) is 24.5 Å². The normalized spacial score (nSPS) is 19.6. The van der Waals surface area contributed by atoms with Crippen LogP contribution in [0.1, 0.15) is 25.7 Å². The van der Waals surface area contributed by atoms with Crippen LogP contribution in [0.2, 0.25) is 0 Å². The molecule has 1 saturated carbocycles. The standard InChI is InChI=1S/C11H6F3N5.C8H15NO3S/c12-5-1-7(14)10(16-3-5)8-2-6(13)9-4-17-11(15)18-19(8)9;10-7-2-1-5-9(6-7)13(11,12)8-3-4-8/h1-4H,(H2,15,18);7-8,10H,1-6H2. The molecule has 32 heavy (non-hydrogen) atoms. The molecule has 1 aliphatic carbocycles. The summed E-state index contributed by atoms with van der Waals surface area (Å²) in [5.41, 5.74) is 5.23. The van der Waals surface area contributed by atoms with E-state index in [2.05, 4.69) is 15.1 Å². The molecule has 3 aromatic rings. The van der Waals surface area contributed by atoms with E-state index < -0.39 is 33.6 Å². The molecule has 3 N–H and O–H groups in total. The van der Waals surface area contributed by atoms with Gasteiger partial charge < -0.3 is 10.8 Å². The number of nitrogens with two attached hydrogens (primary N) is 1. The zero-order valence-corrected chi connectivity index (χ0v) is 17.6. The highest BCUT2D eigenvalue weighted by Crippen LogP contribution is 2.32. The van der Waals surface area contributed by atoms with Gasteiger partial charge in [-0.3, -0.25) is 0 Å². The van der Waals surface area contributed by atoms with Crippen LogP contribution in [-0.2, 0) is 10.0 Å². The van der Waals surface area contributed by atoms with Crippen LogP contribution >= 0.6 is 0 Å². The molecule has 0 bridgehead atoms. The number of hydrogen-bond acceptors (Lipinski definition) is 7. The minimum absolute atomic E-state index is 0.0229. The second-order valence-corrected chi connectivity index (χ2v) is 9.89. The van der Waals surface area contributed by atoms with E-state index in [1.165, 1.54) is 10.5 Å². The van der Waals surface area contributed by atoms with Gasteiger partial charge in [-0.25, -0.2) is 36.1 Å².